The number of carbonyl (C=O) groups is 1. The molecule has 0 saturated carbocycles. The molecule has 1 amide bonds. The zero-order valence-corrected chi connectivity index (χ0v) is 15.9. The number of aromatic nitrogens is 2. The standard InChI is InChI=1S/C18H27N5O2S/c24-14-4-3-6-21(13-14)9-5-19-12-15-16(17(25)22-7-1-2-8-22)20-18-23(15)10-11-26-18/h10-11,14,19,24H,1-9,12-13H2/t14-/m1/s1. The lowest BCUT2D eigenvalue weighted by atomic mass is 10.1. The van der Waals surface area contributed by atoms with Crippen LogP contribution in [-0.4, -0.2) is 75.6 Å². The van der Waals surface area contributed by atoms with E-state index in [1.165, 1.54) is 0 Å². The molecule has 142 valence electrons. The second-order valence-electron chi connectivity index (χ2n) is 7.24. The van der Waals surface area contributed by atoms with E-state index in [1.807, 2.05) is 20.9 Å². The predicted octanol–water partition coefficient (Wildman–Crippen LogP) is 1.18. The number of nitrogens with one attached hydrogen (secondary N) is 1. The van der Waals surface area contributed by atoms with Crippen molar-refractivity contribution in [1.82, 2.24) is 24.5 Å². The van der Waals surface area contributed by atoms with Gasteiger partial charge in [0.1, 0.15) is 0 Å². The lowest BCUT2D eigenvalue weighted by Crippen LogP contribution is -2.41. The molecule has 4 heterocycles. The second kappa shape index (κ2) is 8.04. The molecule has 0 unspecified atom stereocenters. The fourth-order valence-corrected chi connectivity index (χ4v) is 4.65. The number of aliphatic hydroxyl groups is 1. The molecule has 0 bridgehead atoms. The Kier molecular flexibility index (Phi) is 5.54. The summed E-state index contributed by atoms with van der Waals surface area (Å²) in [6.07, 6.45) is 5.96. The van der Waals surface area contributed by atoms with Gasteiger partial charge in [0.2, 0.25) is 0 Å². The van der Waals surface area contributed by atoms with Crippen LogP contribution in [0.15, 0.2) is 11.6 Å². The molecule has 2 aromatic heterocycles. The molecular formula is C18H27N5O2S. The molecule has 4 rings (SSSR count). The van der Waals surface area contributed by atoms with E-state index in [-0.39, 0.29) is 12.0 Å². The number of hydrogen-bond donors (Lipinski definition) is 2. The summed E-state index contributed by atoms with van der Waals surface area (Å²) in [5.41, 5.74) is 1.55. The number of β-amino-alcohol motifs (C(OH)–C–C–N with tert-alkyl or cyclic N) is 1. The van der Waals surface area contributed by atoms with Gasteiger partial charge in [-0.25, -0.2) is 4.98 Å². The Balaban J connectivity index is 1.39. The Bertz CT molecular complexity index is 752. The van der Waals surface area contributed by atoms with Crippen LogP contribution in [0.4, 0.5) is 0 Å². The molecule has 2 N–H and O–H groups in total. The van der Waals surface area contributed by atoms with Gasteiger partial charge in [-0.2, -0.15) is 0 Å². The molecule has 7 nitrogen and oxygen atoms in total. The fraction of sp³-hybridized carbons (Fsp3) is 0.667. The average Bonchev–Trinajstić information content (AvgIpc) is 3.36. The third-order valence-electron chi connectivity index (χ3n) is 5.33. The highest BCUT2D eigenvalue weighted by Gasteiger charge is 2.26. The van der Waals surface area contributed by atoms with Crippen LogP contribution in [0.3, 0.4) is 0 Å². The number of piperidine rings is 1. The number of nitrogens with zero attached hydrogens (tertiary/aromatic N) is 4. The molecule has 1 atom stereocenters. The van der Waals surface area contributed by atoms with E-state index in [4.69, 9.17) is 0 Å². The summed E-state index contributed by atoms with van der Waals surface area (Å²) in [6.45, 7) is 5.88. The minimum atomic E-state index is -0.186. The number of rotatable bonds is 6. The largest absolute Gasteiger partial charge is 0.392 e. The van der Waals surface area contributed by atoms with Gasteiger partial charge in [-0.3, -0.25) is 14.1 Å². The van der Waals surface area contributed by atoms with Crippen molar-refractivity contribution in [2.24, 2.45) is 0 Å². The molecule has 0 spiro atoms. The Morgan fingerprint density at radius 3 is 2.96 bits per heavy atom. The summed E-state index contributed by atoms with van der Waals surface area (Å²) in [6, 6.07) is 0. The Morgan fingerprint density at radius 1 is 1.31 bits per heavy atom. The molecule has 2 aromatic rings. The maximum atomic E-state index is 12.8. The summed E-state index contributed by atoms with van der Waals surface area (Å²) >= 11 is 1.56. The zero-order chi connectivity index (χ0) is 17.9. The Hall–Kier alpha value is -1.48. The minimum absolute atomic E-state index is 0.0642. The average molecular weight is 378 g/mol. The van der Waals surface area contributed by atoms with Crippen molar-refractivity contribution < 1.29 is 9.90 Å². The van der Waals surface area contributed by atoms with Crippen LogP contribution in [0, 0.1) is 0 Å². The maximum absolute atomic E-state index is 12.8. The van der Waals surface area contributed by atoms with Crippen LogP contribution in [0.5, 0.6) is 0 Å². The number of hydrogen-bond acceptors (Lipinski definition) is 6. The first-order chi connectivity index (χ1) is 12.7. The van der Waals surface area contributed by atoms with Crippen LogP contribution in [0.1, 0.15) is 41.9 Å². The van der Waals surface area contributed by atoms with Crippen molar-refractivity contribution >= 4 is 22.2 Å². The van der Waals surface area contributed by atoms with Crippen molar-refractivity contribution in [3.05, 3.63) is 23.0 Å². The molecule has 8 heteroatoms. The minimum Gasteiger partial charge on any atom is -0.392 e. The first-order valence-corrected chi connectivity index (χ1v) is 10.4. The van der Waals surface area contributed by atoms with Crippen LogP contribution in [-0.2, 0) is 6.54 Å². The monoisotopic (exact) mass is 377 g/mol. The SMILES string of the molecule is O=C(c1nc2sccn2c1CNCCN1CCC[C@@H](O)C1)N1CCCC1. The van der Waals surface area contributed by atoms with Gasteiger partial charge >= 0.3 is 0 Å². The molecule has 0 radical (unpaired) electrons. The van der Waals surface area contributed by atoms with E-state index in [2.05, 4.69) is 15.2 Å². The summed E-state index contributed by atoms with van der Waals surface area (Å²) in [5, 5.41) is 15.2. The molecule has 2 saturated heterocycles. The number of thiazole rings is 1. The number of amides is 1. The molecule has 2 aliphatic heterocycles. The summed E-state index contributed by atoms with van der Waals surface area (Å²) in [5.74, 6) is 0.0642. The zero-order valence-electron chi connectivity index (χ0n) is 15.1. The number of likely N-dealkylation sites (tertiary alicyclic amines) is 2. The summed E-state index contributed by atoms with van der Waals surface area (Å²) < 4.78 is 2.03. The van der Waals surface area contributed by atoms with E-state index in [0.717, 1.165) is 75.6 Å². The predicted molar refractivity (Wildman–Crippen MR) is 102 cm³/mol. The lowest BCUT2D eigenvalue weighted by molar-refractivity contribution is 0.0711. The van der Waals surface area contributed by atoms with E-state index in [9.17, 15) is 9.90 Å². The smallest absolute Gasteiger partial charge is 0.274 e. The molecule has 2 aliphatic rings. The maximum Gasteiger partial charge on any atom is 0.274 e. The van der Waals surface area contributed by atoms with Crippen LogP contribution < -0.4 is 5.32 Å². The highest BCUT2D eigenvalue weighted by Crippen LogP contribution is 2.21. The van der Waals surface area contributed by atoms with Crippen LogP contribution in [0.25, 0.3) is 4.96 Å². The van der Waals surface area contributed by atoms with Gasteiger partial charge in [0.15, 0.2) is 10.7 Å². The van der Waals surface area contributed by atoms with E-state index >= 15 is 0 Å². The highest BCUT2D eigenvalue weighted by molar-refractivity contribution is 7.15. The Morgan fingerprint density at radius 2 is 2.15 bits per heavy atom. The van der Waals surface area contributed by atoms with Crippen molar-refractivity contribution in [2.75, 3.05) is 39.3 Å². The van der Waals surface area contributed by atoms with Gasteiger partial charge in [0.05, 0.1) is 11.8 Å². The van der Waals surface area contributed by atoms with E-state index in [1.54, 1.807) is 11.3 Å². The fourth-order valence-electron chi connectivity index (χ4n) is 3.92. The van der Waals surface area contributed by atoms with Crippen molar-refractivity contribution in [3.8, 4) is 0 Å². The van der Waals surface area contributed by atoms with Crippen LogP contribution in [0.2, 0.25) is 0 Å². The Labute approximate surface area is 157 Å². The lowest BCUT2D eigenvalue weighted by Gasteiger charge is -2.29. The third-order valence-corrected chi connectivity index (χ3v) is 6.09. The summed E-state index contributed by atoms with van der Waals surface area (Å²) in [4.78, 5) is 22.5. The van der Waals surface area contributed by atoms with E-state index < -0.39 is 0 Å². The molecule has 26 heavy (non-hydrogen) atoms. The van der Waals surface area contributed by atoms with Crippen molar-refractivity contribution in [3.63, 3.8) is 0 Å². The first kappa shape index (κ1) is 17.9. The van der Waals surface area contributed by atoms with Gasteiger partial charge in [-0.05, 0) is 32.2 Å². The first-order valence-electron chi connectivity index (χ1n) is 9.57. The van der Waals surface area contributed by atoms with Gasteiger partial charge < -0.3 is 15.3 Å². The van der Waals surface area contributed by atoms with Gasteiger partial charge in [0.25, 0.3) is 5.91 Å². The van der Waals surface area contributed by atoms with Gasteiger partial charge in [0, 0.05) is 50.8 Å². The van der Waals surface area contributed by atoms with Crippen molar-refractivity contribution in [1.29, 1.82) is 0 Å². The third kappa shape index (κ3) is 3.78. The van der Waals surface area contributed by atoms with Gasteiger partial charge in [-0.1, -0.05) is 0 Å². The quantitative estimate of drug-likeness (QED) is 0.740. The van der Waals surface area contributed by atoms with E-state index in [0.29, 0.717) is 12.2 Å². The highest BCUT2D eigenvalue weighted by atomic mass is 32.1. The topological polar surface area (TPSA) is 73.1 Å². The number of fused-ring (bicyclic) bond motifs is 1. The van der Waals surface area contributed by atoms with Gasteiger partial charge in [-0.15, -0.1) is 11.3 Å². The summed E-state index contributed by atoms with van der Waals surface area (Å²) in [7, 11) is 0. The second-order valence-corrected chi connectivity index (χ2v) is 8.11. The molecule has 0 aliphatic carbocycles. The molecule has 0 aromatic carbocycles. The molecular weight excluding hydrogens is 350 g/mol. The number of imidazole rings is 1. The molecule has 2 fully saturated rings. The number of aliphatic hydroxyl groups excluding tert-OH is 1. The van der Waals surface area contributed by atoms with Crippen molar-refractivity contribution in [2.45, 2.75) is 38.3 Å². The number of carbonyl (C=O) groups excluding carboxylic acids is 1. The van der Waals surface area contributed by atoms with Crippen LogP contribution >= 0.6 is 11.3 Å². The normalized spacial score (nSPS) is 21.7.